The highest BCUT2D eigenvalue weighted by Crippen LogP contribution is 2.34. The van der Waals surface area contributed by atoms with Crippen LogP contribution in [0.1, 0.15) is 13.3 Å². The zero-order chi connectivity index (χ0) is 12.5. The first kappa shape index (κ1) is 11.7. The Kier molecular flexibility index (Phi) is 3.09. The van der Waals surface area contributed by atoms with Gasteiger partial charge in [-0.25, -0.2) is 9.97 Å². The maximum atomic E-state index is 5.97. The van der Waals surface area contributed by atoms with Crippen molar-refractivity contribution in [2.24, 2.45) is 0 Å². The second-order valence-corrected chi connectivity index (χ2v) is 5.65. The number of ether oxygens (including phenoxy) is 1. The smallest absolute Gasteiger partial charge is 0.156 e. The van der Waals surface area contributed by atoms with E-state index in [-0.39, 0.29) is 6.10 Å². The van der Waals surface area contributed by atoms with E-state index in [0.29, 0.717) is 11.1 Å². The standard InChI is InChI=1S/C13H15N3OS/c1-8-11(6-7-17-8)18-13-12(14)15-9-4-2-3-5-10(9)16-13/h2-5,8,11H,6-7H2,1H3,(H2,14,15). The third-order valence-electron chi connectivity index (χ3n) is 3.13. The lowest BCUT2D eigenvalue weighted by Crippen LogP contribution is -2.14. The van der Waals surface area contributed by atoms with Crippen molar-refractivity contribution in [3.8, 4) is 0 Å². The van der Waals surface area contributed by atoms with Crippen LogP contribution in [0.2, 0.25) is 0 Å². The van der Waals surface area contributed by atoms with Crippen molar-refractivity contribution in [2.45, 2.75) is 29.7 Å². The molecule has 5 heteroatoms. The quantitative estimate of drug-likeness (QED) is 0.900. The van der Waals surface area contributed by atoms with E-state index in [1.54, 1.807) is 11.8 Å². The molecule has 3 rings (SSSR count). The number of aromatic nitrogens is 2. The Morgan fingerprint density at radius 1 is 1.28 bits per heavy atom. The highest BCUT2D eigenvalue weighted by atomic mass is 32.2. The van der Waals surface area contributed by atoms with Crippen LogP contribution in [0.4, 0.5) is 5.82 Å². The second kappa shape index (κ2) is 4.74. The molecule has 2 unspecified atom stereocenters. The van der Waals surface area contributed by atoms with Crippen LogP contribution in [-0.2, 0) is 4.74 Å². The van der Waals surface area contributed by atoms with Crippen LogP contribution in [0.3, 0.4) is 0 Å². The van der Waals surface area contributed by atoms with Gasteiger partial charge in [-0.05, 0) is 25.5 Å². The van der Waals surface area contributed by atoms with Gasteiger partial charge >= 0.3 is 0 Å². The van der Waals surface area contributed by atoms with Gasteiger partial charge in [0.05, 0.1) is 17.1 Å². The van der Waals surface area contributed by atoms with Crippen molar-refractivity contribution >= 4 is 28.6 Å². The monoisotopic (exact) mass is 261 g/mol. The Morgan fingerprint density at radius 3 is 2.67 bits per heavy atom. The molecule has 0 spiro atoms. The molecule has 2 aromatic rings. The van der Waals surface area contributed by atoms with Crippen LogP contribution < -0.4 is 5.73 Å². The maximum Gasteiger partial charge on any atom is 0.156 e. The summed E-state index contributed by atoms with van der Waals surface area (Å²) in [7, 11) is 0. The van der Waals surface area contributed by atoms with Gasteiger partial charge in [-0.3, -0.25) is 0 Å². The average Bonchev–Trinajstić information content (AvgIpc) is 2.76. The fraction of sp³-hybridized carbons (Fsp3) is 0.385. The predicted molar refractivity (Wildman–Crippen MR) is 73.6 cm³/mol. The zero-order valence-corrected chi connectivity index (χ0v) is 11.0. The minimum absolute atomic E-state index is 0.252. The highest BCUT2D eigenvalue weighted by Gasteiger charge is 2.26. The summed E-state index contributed by atoms with van der Waals surface area (Å²) in [5.74, 6) is 0.512. The number of nitrogens with two attached hydrogens (primary N) is 1. The van der Waals surface area contributed by atoms with Crippen molar-refractivity contribution in [3.63, 3.8) is 0 Å². The normalized spacial score (nSPS) is 23.6. The first-order valence-corrected chi connectivity index (χ1v) is 6.92. The van der Waals surface area contributed by atoms with Gasteiger partial charge in [0.2, 0.25) is 0 Å². The van der Waals surface area contributed by atoms with Gasteiger partial charge in [-0.15, -0.1) is 0 Å². The SMILES string of the molecule is CC1OCCC1Sc1nc2ccccc2nc1N. The molecule has 94 valence electrons. The van der Waals surface area contributed by atoms with E-state index in [2.05, 4.69) is 16.9 Å². The number of benzene rings is 1. The third-order valence-corrected chi connectivity index (χ3v) is 4.58. The molecule has 1 fully saturated rings. The van der Waals surface area contributed by atoms with Crippen LogP contribution in [0.15, 0.2) is 29.3 Å². The number of rotatable bonds is 2. The lowest BCUT2D eigenvalue weighted by Gasteiger charge is -2.14. The lowest BCUT2D eigenvalue weighted by molar-refractivity contribution is 0.127. The number of nitrogen functional groups attached to an aromatic ring is 1. The molecule has 0 aliphatic carbocycles. The molecular formula is C13H15N3OS. The Morgan fingerprint density at radius 2 is 2.00 bits per heavy atom. The van der Waals surface area contributed by atoms with Gasteiger partial charge in [-0.1, -0.05) is 23.9 Å². The molecule has 4 nitrogen and oxygen atoms in total. The fourth-order valence-corrected chi connectivity index (χ4v) is 3.18. The second-order valence-electron chi connectivity index (χ2n) is 4.42. The van der Waals surface area contributed by atoms with Gasteiger partial charge in [0.15, 0.2) is 5.82 Å². The summed E-state index contributed by atoms with van der Waals surface area (Å²) in [6, 6.07) is 7.79. The number of nitrogens with zero attached hydrogens (tertiary/aromatic N) is 2. The molecule has 1 aliphatic rings. The molecule has 0 amide bonds. The predicted octanol–water partition coefficient (Wildman–Crippen LogP) is 2.48. The van der Waals surface area contributed by atoms with Crippen LogP contribution in [0, 0.1) is 0 Å². The van der Waals surface area contributed by atoms with E-state index in [4.69, 9.17) is 10.5 Å². The minimum Gasteiger partial charge on any atom is -0.381 e. The van der Waals surface area contributed by atoms with E-state index in [0.717, 1.165) is 29.1 Å². The van der Waals surface area contributed by atoms with E-state index in [1.807, 2.05) is 24.3 Å². The number of hydrogen-bond donors (Lipinski definition) is 1. The Bertz CT molecular complexity index is 575. The first-order chi connectivity index (χ1) is 8.74. The van der Waals surface area contributed by atoms with Crippen LogP contribution >= 0.6 is 11.8 Å². The molecule has 1 aliphatic heterocycles. The summed E-state index contributed by atoms with van der Waals surface area (Å²) in [6.45, 7) is 2.91. The van der Waals surface area contributed by atoms with E-state index < -0.39 is 0 Å². The third kappa shape index (κ3) is 2.15. The maximum absolute atomic E-state index is 5.97. The van der Waals surface area contributed by atoms with Crippen molar-refractivity contribution in [2.75, 3.05) is 12.3 Å². The van der Waals surface area contributed by atoms with Gasteiger partial charge in [0, 0.05) is 11.9 Å². The summed E-state index contributed by atoms with van der Waals surface area (Å²) in [6.07, 6.45) is 1.29. The Hall–Kier alpha value is -1.33. The molecule has 18 heavy (non-hydrogen) atoms. The van der Waals surface area contributed by atoms with E-state index in [1.165, 1.54) is 0 Å². The van der Waals surface area contributed by atoms with Gasteiger partial charge in [0.25, 0.3) is 0 Å². The average molecular weight is 261 g/mol. The number of fused-ring (bicyclic) bond motifs is 1. The van der Waals surface area contributed by atoms with Gasteiger partial charge in [-0.2, -0.15) is 0 Å². The Balaban J connectivity index is 1.93. The summed E-state index contributed by atoms with van der Waals surface area (Å²) >= 11 is 1.68. The van der Waals surface area contributed by atoms with E-state index >= 15 is 0 Å². The molecule has 2 N–H and O–H groups in total. The first-order valence-electron chi connectivity index (χ1n) is 6.04. The van der Waals surface area contributed by atoms with Crippen molar-refractivity contribution in [3.05, 3.63) is 24.3 Å². The molecule has 2 heterocycles. The highest BCUT2D eigenvalue weighted by molar-refractivity contribution is 8.00. The molecule has 2 atom stereocenters. The van der Waals surface area contributed by atoms with E-state index in [9.17, 15) is 0 Å². The van der Waals surface area contributed by atoms with Crippen molar-refractivity contribution in [1.29, 1.82) is 0 Å². The number of thioether (sulfide) groups is 1. The fourth-order valence-electron chi connectivity index (χ4n) is 2.09. The zero-order valence-electron chi connectivity index (χ0n) is 10.2. The molecule has 1 aromatic heterocycles. The summed E-state index contributed by atoms with van der Waals surface area (Å²) in [4.78, 5) is 8.99. The van der Waals surface area contributed by atoms with Crippen LogP contribution in [0.5, 0.6) is 0 Å². The topological polar surface area (TPSA) is 61.0 Å². The van der Waals surface area contributed by atoms with Crippen LogP contribution in [0.25, 0.3) is 11.0 Å². The summed E-state index contributed by atoms with van der Waals surface area (Å²) in [5.41, 5.74) is 7.71. The minimum atomic E-state index is 0.252. The van der Waals surface area contributed by atoms with Crippen molar-refractivity contribution < 1.29 is 4.74 Å². The summed E-state index contributed by atoms with van der Waals surface area (Å²) < 4.78 is 5.56. The van der Waals surface area contributed by atoms with Crippen LogP contribution in [-0.4, -0.2) is 27.9 Å². The van der Waals surface area contributed by atoms with Gasteiger partial charge < -0.3 is 10.5 Å². The molecule has 1 aromatic carbocycles. The molecular weight excluding hydrogens is 246 g/mol. The number of anilines is 1. The lowest BCUT2D eigenvalue weighted by atomic mass is 10.3. The molecule has 0 bridgehead atoms. The number of para-hydroxylation sites is 2. The largest absolute Gasteiger partial charge is 0.381 e. The summed E-state index contributed by atoms with van der Waals surface area (Å²) in [5, 5.41) is 1.24. The molecule has 0 saturated carbocycles. The molecule has 1 saturated heterocycles. The number of hydrogen-bond acceptors (Lipinski definition) is 5. The van der Waals surface area contributed by atoms with Crippen molar-refractivity contribution in [1.82, 2.24) is 9.97 Å². The van der Waals surface area contributed by atoms with Gasteiger partial charge in [0.1, 0.15) is 5.03 Å². The molecule has 0 radical (unpaired) electrons. The Labute approximate surface area is 110 Å².